The second kappa shape index (κ2) is 13.9. The minimum atomic E-state index is -0.788. The minimum Gasteiger partial charge on any atom is -0.456 e. The van der Waals surface area contributed by atoms with Crippen LogP contribution in [-0.2, 0) is 0 Å². The lowest BCUT2D eigenvalue weighted by molar-refractivity contribution is 0.668. The highest BCUT2D eigenvalue weighted by Gasteiger charge is 2.28. The maximum Gasteiger partial charge on any atom is 0.135 e. The highest BCUT2D eigenvalue weighted by Crippen LogP contribution is 2.52. The van der Waals surface area contributed by atoms with Crippen molar-refractivity contribution < 1.29 is 41.7 Å². The zero-order valence-corrected chi connectivity index (χ0v) is 36.7. The number of rotatable bonds is 6. The van der Waals surface area contributed by atoms with Gasteiger partial charge in [-0.2, -0.15) is 0 Å². The normalized spacial score (nSPS) is 17.1. The van der Waals surface area contributed by atoms with Crippen molar-refractivity contribution in [2.45, 2.75) is 0 Å². The molecule has 11 aromatic carbocycles. The minimum absolute atomic E-state index is 0.0354. The third-order valence-electron chi connectivity index (χ3n) is 13.8. The summed E-state index contributed by atoms with van der Waals surface area (Å²) < 4.78 is 244. The van der Waals surface area contributed by atoms with E-state index in [2.05, 4.69) is 0 Å². The molecular weight excluding hydrogens is 881 g/mol. The molecule has 0 N–H and O–H groups in total. The summed E-state index contributed by atoms with van der Waals surface area (Å²) in [6.07, 6.45) is 0. The molecule has 0 aliphatic heterocycles. The van der Waals surface area contributed by atoms with Crippen LogP contribution in [-0.4, -0.2) is 8.80 Å². The maximum absolute atomic E-state index is 10.7. The number of hydrogen-bond donors (Lipinski definition) is 0. The van der Waals surface area contributed by atoms with E-state index >= 15 is 0 Å². The molecule has 6 aromatic heterocycles. The van der Waals surface area contributed by atoms with Crippen molar-refractivity contribution in [3.8, 4) is 0 Å². The van der Waals surface area contributed by atoms with Crippen molar-refractivity contribution >= 4 is 154 Å². The number of fused-ring (bicyclic) bond motifs is 18. The Kier molecular flexibility index (Phi) is 4.32. The molecule has 0 spiro atoms. The largest absolute Gasteiger partial charge is 0.456 e. The molecule has 6 heteroatoms. The van der Waals surface area contributed by atoms with Crippen LogP contribution in [0.2, 0.25) is 0 Å². The van der Waals surface area contributed by atoms with Crippen LogP contribution < -0.4 is 9.80 Å². The first-order valence-electron chi connectivity index (χ1n) is 34.6. The Morgan fingerprint density at radius 1 is 0.319 bits per heavy atom. The van der Waals surface area contributed by atoms with Crippen molar-refractivity contribution in [2.24, 2.45) is 0 Å². The van der Waals surface area contributed by atoms with Crippen molar-refractivity contribution in [1.29, 1.82) is 0 Å². The van der Waals surface area contributed by atoms with E-state index in [9.17, 15) is 19.2 Å². The molecular formula is C66H38N4O2. The molecule has 334 valence electrons. The number of anilines is 6. The van der Waals surface area contributed by atoms with E-state index in [-0.39, 0.29) is 87.6 Å². The average Bonchev–Trinajstić information content (AvgIpc) is 1.48. The summed E-state index contributed by atoms with van der Waals surface area (Å²) in [7, 11) is 0. The molecule has 6 heterocycles. The maximum atomic E-state index is 10.7. The van der Waals surface area contributed by atoms with Gasteiger partial charge in [0.2, 0.25) is 0 Å². The van der Waals surface area contributed by atoms with Crippen LogP contribution >= 0.6 is 0 Å². The number of benzene rings is 11. The standard InChI is InChI=1S/C66H38N4O2/c1-3-15-39(16-4-1)67(41-27-33-61-51(35-41)43-19-9-13-25-59(43)71-61)55-31-29-45-49-37-58-50(38-57(49)69-53-23-11-7-21-47(53)63(55)65(45)69)46-30-32-56(64-48-22-8-12-24-54(48)70(58)66(46)64)68(40-17-5-2-6-18-40)42-28-34-62-52(36-42)44-20-10-14-26-60(44)72-62/h1-38H/i1D,2D,3D,4D,5D,6D,7D,8D,11D,12D,15D,16D,17D,18D,21D,22D,23D,24D,29D,30D,31D,32D,37D,38D. The second-order valence-electron chi connectivity index (χ2n) is 17.4. The van der Waals surface area contributed by atoms with Crippen LogP contribution in [0.5, 0.6) is 0 Å². The van der Waals surface area contributed by atoms with Crippen LogP contribution in [0.4, 0.5) is 34.1 Å². The first-order valence-corrected chi connectivity index (χ1v) is 22.6. The van der Waals surface area contributed by atoms with Gasteiger partial charge in [-0.25, -0.2) is 0 Å². The van der Waals surface area contributed by atoms with Gasteiger partial charge < -0.3 is 27.4 Å². The Hall–Kier alpha value is -9.78. The van der Waals surface area contributed by atoms with E-state index in [4.69, 9.17) is 22.5 Å². The zero-order chi connectivity index (χ0) is 67.6. The predicted molar refractivity (Wildman–Crippen MR) is 300 cm³/mol. The number of furan rings is 2. The molecule has 6 nitrogen and oxygen atoms in total. The summed E-state index contributed by atoms with van der Waals surface area (Å²) in [5.41, 5.74) is -1.90. The van der Waals surface area contributed by atoms with Gasteiger partial charge in [0.15, 0.2) is 0 Å². The van der Waals surface area contributed by atoms with E-state index < -0.39 is 168 Å². The summed E-state index contributed by atoms with van der Waals surface area (Å²) in [6.45, 7) is 0. The Labute approximate surface area is 443 Å². The number of aromatic nitrogens is 2. The van der Waals surface area contributed by atoms with Crippen molar-refractivity contribution in [3.63, 3.8) is 0 Å². The summed E-state index contributed by atoms with van der Waals surface area (Å²) in [5.74, 6) is 0. The monoisotopic (exact) mass is 942 g/mol. The van der Waals surface area contributed by atoms with Crippen LogP contribution in [0.15, 0.2) is 239 Å². The summed E-state index contributed by atoms with van der Waals surface area (Å²) in [4.78, 5) is 2.32. The van der Waals surface area contributed by atoms with Crippen LogP contribution in [0.1, 0.15) is 32.9 Å². The van der Waals surface area contributed by atoms with E-state index in [0.717, 1.165) is 9.80 Å². The van der Waals surface area contributed by atoms with E-state index in [1.165, 1.54) is 20.9 Å². The van der Waals surface area contributed by atoms with Crippen LogP contribution in [0.25, 0.3) is 120 Å². The highest BCUT2D eigenvalue weighted by atomic mass is 16.3. The summed E-state index contributed by atoms with van der Waals surface area (Å²) >= 11 is 0. The number of hydrogen-bond acceptors (Lipinski definition) is 4. The fraction of sp³-hybridized carbons (Fsp3) is 0. The molecule has 17 aromatic rings. The fourth-order valence-corrected chi connectivity index (χ4v) is 10.9. The topological polar surface area (TPSA) is 41.6 Å². The molecule has 0 bridgehead atoms. The molecule has 0 amide bonds. The van der Waals surface area contributed by atoms with Gasteiger partial charge in [0.1, 0.15) is 22.3 Å². The first kappa shape index (κ1) is 22.3. The number of nitrogens with zero attached hydrogens (tertiary/aromatic N) is 4. The molecule has 17 rings (SSSR count). The molecule has 0 radical (unpaired) electrons. The quantitative estimate of drug-likeness (QED) is 0.167. The van der Waals surface area contributed by atoms with Gasteiger partial charge in [0, 0.05) is 87.4 Å². The van der Waals surface area contributed by atoms with Crippen molar-refractivity contribution in [2.75, 3.05) is 9.80 Å². The molecule has 0 unspecified atom stereocenters. The predicted octanol–water partition coefficient (Wildman–Crippen LogP) is 18.7. The zero-order valence-electron chi connectivity index (χ0n) is 60.7. The molecule has 0 atom stereocenters. The summed E-state index contributed by atoms with van der Waals surface area (Å²) in [5, 5.41) is -0.175. The SMILES string of the molecule is [2H]c1c([2H])c([2H])c(N(c2ccc3oc4ccccc4c3c2)c2c([2H])c([2H])c3c4c([2H])c5c(c([2H])c4n4c6c([2H])c([2H])c([2H])c([2H])c6c2c34)c2c([2H])c([2H])c(N(c3ccc4oc6ccccc6c4c3)c3c([2H])c([2H])c([2H])c([2H])c3[2H])c3c4c([2H])c([2H])c([2H])c([2H])c4n5c23)c([2H])c1[2H]. The van der Waals surface area contributed by atoms with Gasteiger partial charge >= 0.3 is 0 Å². The smallest absolute Gasteiger partial charge is 0.135 e. The molecule has 0 aliphatic rings. The Balaban J connectivity index is 1.08. The van der Waals surface area contributed by atoms with Crippen LogP contribution in [0.3, 0.4) is 0 Å². The van der Waals surface area contributed by atoms with E-state index in [1.54, 1.807) is 72.8 Å². The third kappa shape index (κ3) is 4.97. The highest BCUT2D eigenvalue weighted by molar-refractivity contribution is 6.32. The number of para-hydroxylation sites is 6. The fourth-order valence-electron chi connectivity index (χ4n) is 10.9. The molecule has 72 heavy (non-hydrogen) atoms. The van der Waals surface area contributed by atoms with Gasteiger partial charge in [-0.15, -0.1) is 0 Å². The van der Waals surface area contributed by atoms with Gasteiger partial charge in [-0.3, -0.25) is 0 Å². The molecule has 0 fully saturated rings. The van der Waals surface area contributed by atoms with Crippen molar-refractivity contribution in [1.82, 2.24) is 8.80 Å². The lowest BCUT2D eigenvalue weighted by Gasteiger charge is -2.26. The first-order chi connectivity index (χ1) is 45.7. The Morgan fingerprint density at radius 3 is 1.21 bits per heavy atom. The van der Waals surface area contributed by atoms with Crippen molar-refractivity contribution in [3.05, 3.63) is 230 Å². The Morgan fingerprint density at radius 2 is 0.736 bits per heavy atom. The van der Waals surface area contributed by atoms with Gasteiger partial charge in [0.25, 0.3) is 0 Å². The molecule has 0 saturated heterocycles. The third-order valence-corrected chi connectivity index (χ3v) is 13.8. The van der Waals surface area contributed by atoms with Crippen LogP contribution in [0, 0.1) is 0 Å². The van der Waals surface area contributed by atoms with E-state index in [1.807, 2.05) is 0 Å². The summed E-state index contributed by atoms with van der Waals surface area (Å²) in [6, 6.07) is 5.54. The Bertz CT molecular complexity index is 6100. The average molecular weight is 943 g/mol. The van der Waals surface area contributed by atoms with E-state index in [0.29, 0.717) is 43.9 Å². The lowest BCUT2D eigenvalue weighted by Crippen LogP contribution is -2.10. The van der Waals surface area contributed by atoms with Gasteiger partial charge in [-0.05, 0) is 109 Å². The molecule has 0 saturated carbocycles. The second-order valence-corrected chi connectivity index (χ2v) is 17.4. The van der Waals surface area contributed by atoms with Gasteiger partial charge in [0.05, 0.1) is 77.4 Å². The lowest BCUT2D eigenvalue weighted by atomic mass is 10.0. The van der Waals surface area contributed by atoms with Gasteiger partial charge in [-0.1, -0.05) is 121 Å². The molecule has 0 aliphatic carbocycles.